The minimum atomic E-state index is -1.92. The van der Waals surface area contributed by atoms with E-state index in [1.165, 1.54) is 0 Å². The molecule has 0 N–H and O–H groups in total. The van der Waals surface area contributed by atoms with Gasteiger partial charge in [0.1, 0.15) is 0 Å². The molecule has 0 radical (unpaired) electrons. The van der Waals surface area contributed by atoms with Gasteiger partial charge in [0.2, 0.25) is 0 Å². The molecule has 4 heteroatoms. The van der Waals surface area contributed by atoms with E-state index >= 15 is 0 Å². The molecule has 0 amide bonds. The number of rotatable bonds is 2. The van der Waals surface area contributed by atoms with Crippen molar-refractivity contribution < 1.29 is 8.76 Å². The van der Waals surface area contributed by atoms with E-state index in [0.717, 1.165) is 24.8 Å². The quantitative estimate of drug-likeness (QED) is 0.428. The lowest BCUT2D eigenvalue weighted by molar-refractivity contribution is 0.454. The molecule has 0 aromatic rings. The Labute approximate surface area is 83.8 Å². The monoisotopic (exact) mass is 251 g/mol. The number of hydrogen-bond donors (Lipinski definition) is 0. The van der Waals surface area contributed by atoms with Crippen LogP contribution < -0.4 is 0 Å². The van der Waals surface area contributed by atoms with Crippen molar-refractivity contribution in [3.8, 4) is 0 Å². The fourth-order valence-electron chi connectivity index (χ4n) is 1.55. The van der Waals surface area contributed by atoms with Crippen molar-refractivity contribution >= 4 is 27.0 Å². The summed E-state index contributed by atoms with van der Waals surface area (Å²) in [5.41, 5.74) is 1.14. The maximum absolute atomic E-state index is 10.5. The van der Waals surface area contributed by atoms with Crippen LogP contribution in [0.1, 0.15) is 19.3 Å². The van der Waals surface area contributed by atoms with Crippen molar-refractivity contribution in [1.29, 1.82) is 0 Å². The van der Waals surface area contributed by atoms with Crippen LogP contribution in [0.4, 0.5) is 0 Å². The van der Waals surface area contributed by atoms with Crippen molar-refractivity contribution in [1.82, 2.24) is 0 Å². The van der Waals surface area contributed by atoms with Crippen molar-refractivity contribution in [2.24, 2.45) is 5.92 Å². The number of hydrogen-bond acceptors (Lipinski definition) is 2. The van der Waals surface area contributed by atoms with Crippen LogP contribution in [0.25, 0.3) is 0 Å². The fraction of sp³-hybridized carbons (Fsp3) is 0.750. The smallest absolute Gasteiger partial charge is 0.0388 e. The van der Waals surface area contributed by atoms with Crippen LogP contribution in [-0.4, -0.2) is 19.3 Å². The van der Waals surface area contributed by atoms with Crippen LogP contribution in [0.15, 0.2) is 12.2 Å². The second kappa shape index (κ2) is 4.53. The maximum Gasteiger partial charge on any atom is 0.0388 e. The zero-order chi connectivity index (χ0) is 9.14. The molecule has 0 saturated heterocycles. The van der Waals surface area contributed by atoms with Gasteiger partial charge in [-0.2, -0.15) is 0 Å². The topological polar surface area (TPSA) is 40.1 Å². The predicted octanol–water partition coefficient (Wildman–Crippen LogP) is 1.99. The van der Waals surface area contributed by atoms with Gasteiger partial charge in [0.25, 0.3) is 0 Å². The van der Waals surface area contributed by atoms with Gasteiger partial charge < -0.3 is 4.55 Å². The van der Waals surface area contributed by atoms with Crippen LogP contribution >= 0.6 is 15.9 Å². The van der Waals surface area contributed by atoms with Crippen molar-refractivity contribution in [3.63, 3.8) is 0 Å². The predicted molar refractivity (Wildman–Crippen MR) is 53.0 cm³/mol. The number of allylic oxidation sites excluding steroid dienone is 1. The van der Waals surface area contributed by atoms with E-state index in [0.29, 0.717) is 0 Å². The minimum absolute atomic E-state index is 0.198. The van der Waals surface area contributed by atoms with E-state index in [1.54, 1.807) is 0 Å². The number of halogens is 1. The third-order valence-corrected chi connectivity index (χ3v) is 4.32. The zero-order valence-corrected chi connectivity index (χ0v) is 9.20. The summed E-state index contributed by atoms with van der Waals surface area (Å²) in [6, 6.07) is 0. The standard InChI is InChI=1S/C8H13BrO2S/c1-6-3-2-4-7(8(6)9)5-12(10)11/h7-8H,1-5H2,(H,10,11)/p-1. The molecule has 1 aliphatic carbocycles. The molecule has 0 aliphatic heterocycles. The second-order valence-corrected chi connectivity index (χ2v) is 5.11. The van der Waals surface area contributed by atoms with Gasteiger partial charge in [-0.25, -0.2) is 0 Å². The first-order valence-corrected chi connectivity index (χ1v) is 6.15. The third kappa shape index (κ3) is 2.68. The zero-order valence-electron chi connectivity index (χ0n) is 6.79. The third-order valence-electron chi connectivity index (χ3n) is 2.23. The summed E-state index contributed by atoms with van der Waals surface area (Å²) < 4.78 is 20.9. The molecule has 1 rings (SSSR count). The first kappa shape index (κ1) is 10.4. The molecule has 0 aromatic heterocycles. The molecule has 1 fully saturated rings. The Balaban J connectivity index is 2.52. The molecule has 0 heterocycles. The van der Waals surface area contributed by atoms with Gasteiger partial charge >= 0.3 is 0 Å². The average molecular weight is 252 g/mol. The Morgan fingerprint density at radius 1 is 1.75 bits per heavy atom. The maximum atomic E-state index is 10.5. The Morgan fingerprint density at radius 3 is 3.00 bits per heavy atom. The van der Waals surface area contributed by atoms with Gasteiger partial charge in [-0.15, -0.1) is 0 Å². The van der Waals surface area contributed by atoms with Crippen LogP contribution in [0.5, 0.6) is 0 Å². The largest absolute Gasteiger partial charge is 0.772 e. The Bertz CT molecular complexity index is 205. The molecule has 0 bridgehead atoms. The van der Waals surface area contributed by atoms with Crippen LogP contribution in [0.3, 0.4) is 0 Å². The van der Waals surface area contributed by atoms with Crippen molar-refractivity contribution in [2.45, 2.75) is 24.1 Å². The molecule has 2 nitrogen and oxygen atoms in total. The first-order valence-electron chi connectivity index (χ1n) is 3.99. The van der Waals surface area contributed by atoms with Crippen LogP contribution in [0, 0.1) is 5.92 Å². The summed E-state index contributed by atoms with van der Waals surface area (Å²) in [6.07, 6.45) is 3.09. The van der Waals surface area contributed by atoms with Gasteiger partial charge in [-0.05, 0) is 25.2 Å². The Morgan fingerprint density at radius 2 is 2.42 bits per heavy atom. The number of alkyl halides is 1. The van der Waals surface area contributed by atoms with E-state index in [9.17, 15) is 8.76 Å². The fourth-order valence-corrected chi connectivity index (χ4v) is 3.19. The summed E-state index contributed by atoms with van der Waals surface area (Å²) in [6.45, 7) is 3.90. The molecular weight excluding hydrogens is 240 g/mol. The summed E-state index contributed by atoms with van der Waals surface area (Å²) in [7, 11) is 0. The molecule has 1 aliphatic rings. The normalized spacial score (nSPS) is 33.3. The lowest BCUT2D eigenvalue weighted by Gasteiger charge is -2.29. The highest BCUT2D eigenvalue weighted by Gasteiger charge is 2.25. The van der Waals surface area contributed by atoms with Crippen LogP contribution in [0.2, 0.25) is 0 Å². The lowest BCUT2D eigenvalue weighted by Crippen LogP contribution is -2.26. The molecule has 70 valence electrons. The Hall–Kier alpha value is 0.330. The average Bonchev–Trinajstić information content (AvgIpc) is 1.98. The lowest BCUT2D eigenvalue weighted by atomic mass is 9.87. The van der Waals surface area contributed by atoms with Gasteiger partial charge in [-0.1, -0.05) is 39.2 Å². The van der Waals surface area contributed by atoms with Crippen molar-refractivity contribution in [3.05, 3.63) is 12.2 Å². The van der Waals surface area contributed by atoms with Gasteiger partial charge in [0.05, 0.1) is 0 Å². The van der Waals surface area contributed by atoms with Crippen molar-refractivity contribution in [2.75, 3.05) is 5.75 Å². The van der Waals surface area contributed by atoms with Crippen LogP contribution in [-0.2, 0) is 11.1 Å². The highest BCUT2D eigenvalue weighted by atomic mass is 79.9. The van der Waals surface area contributed by atoms with Gasteiger partial charge in [-0.3, -0.25) is 4.21 Å². The highest BCUT2D eigenvalue weighted by Crippen LogP contribution is 2.33. The minimum Gasteiger partial charge on any atom is -0.772 e. The van der Waals surface area contributed by atoms with E-state index in [4.69, 9.17) is 0 Å². The molecule has 0 spiro atoms. The molecule has 12 heavy (non-hydrogen) atoms. The molecule has 0 aromatic carbocycles. The summed E-state index contributed by atoms with van der Waals surface area (Å²) in [5, 5.41) is 0. The van der Waals surface area contributed by atoms with Gasteiger partial charge in [0.15, 0.2) is 0 Å². The molecule has 3 unspecified atom stereocenters. The summed E-state index contributed by atoms with van der Waals surface area (Å²) in [5.74, 6) is 0.485. The van der Waals surface area contributed by atoms with E-state index in [1.807, 2.05) is 0 Å². The van der Waals surface area contributed by atoms with E-state index in [-0.39, 0.29) is 16.5 Å². The molecule has 3 atom stereocenters. The Kier molecular flexibility index (Phi) is 3.93. The summed E-state index contributed by atoms with van der Waals surface area (Å²) >= 11 is 1.56. The summed E-state index contributed by atoms with van der Waals surface area (Å²) in [4.78, 5) is 0.198. The second-order valence-electron chi connectivity index (χ2n) is 3.18. The highest BCUT2D eigenvalue weighted by molar-refractivity contribution is 9.09. The SMILES string of the molecule is C=C1CCCC(CS(=O)[O-])C1Br. The van der Waals surface area contributed by atoms with E-state index < -0.39 is 11.1 Å². The molecular formula is C8H12BrO2S-. The van der Waals surface area contributed by atoms with Gasteiger partial charge in [0, 0.05) is 10.6 Å². The van der Waals surface area contributed by atoms with E-state index in [2.05, 4.69) is 22.5 Å². The molecule has 1 saturated carbocycles. The first-order chi connectivity index (χ1) is 5.61.